The number of likely N-dealkylation sites (N-methyl/N-ethyl adjacent to an activating group) is 1. The lowest BCUT2D eigenvalue weighted by Crippen LogP contribution is -2.29. The summed E-state index contributed by atoms with van der Waals surface area (Å²) in [4.78, 5) is 1.95. The summed E-state index contributed by atoms with van der Waals surface area (Å²) in [6.45, 7) is 0. The van der Waals surface area contributed by atoms with E-state index in [9.17, 15) is 4.39 Å². The molecule has 1 aromatic heterocycles. The molecule has 2 rings (SSSR count). The first-order chi connectivity index (χ1) is 9.19. The van der Waals surface area contributed by atoms with Crippen molar-refractivity contribution in [3.63, 3.8) is 0 Å². The Labute approximate surface area is 126 Å². The molecule has 0 aliphatic heterocycles. The average molecular weight is 316 g/mol. The molecule has 0 spiro atoms. The molecule has 0 fully saturated rings. The van der Waals surface area contributed by atoms with Gasteiger partial charge in [0.05, 0.1) is 4.34 Å². The highest BCUT2D eigenvalue weighted by Gasteiger charge is 2.11. The molecule has 0 radical (unpaired) electrons. The molecule has 0 aliphatic carbocycles. The highest BCUT2D eigenvalue weighted by molar-refractivity contribution is 7.99. The SMILES string of the molecule is CNC(CSc1ccccc1F)Cc1ccc(Cl)s1. The molecular formula is C14H15ClFNS2. The second-order valence-electron chi connectivity index (χ2n) is 4.14. The first-order valence-electron chi connectivity index (χ1n) is 5.98. The number of hydrogen-bond acceptors (Lipinski definition) is 3. The molecular weight excluding hydrogens is 301 g/mol. The minimum Gasteiger partial charge on any atom is -0.316 e. The summed E-state index contributed by atoms with van der Waals surface area (Å²) in [7, 11) is 1.93. The van der Waals surface area contributed by atoms with Crippen LogP contribution in [-0.4, -0.2) is 18.8 Å². The van der Waals surface area contributed by atoms with Gasteiger partial charge < -0.3 is 5.32 Å². The maximum absolute atomic E-state index is 13.5. The molecule has 1 heterocycles. The monoisotopic (exact) mass is 315 g/mol. The number of nitrogens with one attached hydrogen (secondary N) is 1. The van der Waals surface area contributed by atoms with Crippen LogP contribution in [0.5, 0.6) is 0 Å². The van der Waals surface area contributed by atoms with Crippen molar-refractivity contribution in [2.75, 3.05) is 12.8 Å². The number of hydrogen-bond donors (Lipinski definition) is 1. The van der Waals surface area contributed by atoms with Crippen molar-refractivity contribution in [2.24, 2.45) is 0 Å². The van der Waals surface area contributed by atoms with Crippen LogP contribution in [0.2, 0.25) is 4.34 Å². The molecule has 0 amide bonds. The number of halogens is 2. The van der Waals surface area contributed by atoms with Crippen LogP contribution < -0.4 is 5.32 Å². The van der Waals surface area contributed by atoms with Crippen molar-refractivity contribution in [1.29, 1.82) is 0 Å². The lowest BCUT2D eigenvalue weighted by atomic mass is 10.2. The summed E-state index contributed by atoms with van der Waals surface area (Å²) in [5.41, 5.74) is 0. The average Bonchev–Trinajstić information content (AvgIpc) is 2.81. The number of thiophene rings is 1. The molecule has 1 atom stereocenters. The Bertz CT molecular complexity index is 530. The highest BCUT2D eigenvalue weighted by atomic mass is 35.5. The predicted molar refractivity (Wildman–Crippen MR) is 83.0 cm³/mol. The van der Waals surface area contributed by atoms with Crippen LogP contribution in [-0.2, 0) is 6.42 Å². The van der Waals surface area contributed by atoms with Crippen LogP contribution in [0.4, 0.5) is 4.39 Å². The molecule has 0 saturated heterocycles. The van der Waals surface area contributed by atoms with Crippen LogP contribution in [0.3, 0.4) is 0 Å². The Balaban J connectivity index is 1.91. The zero-order valence-electron chi connectivity index (χ0n) is 10.5. The Morgan fingerprint density at radius 2 is 2.11 bits per heavy atom. The van der Waals surface area contributed by atoms with Gasteiger partial charge in [-0.05, 0) is 37.7 Å². The van der Waals surface area contributed by atoms with E-state index in [1.807, 2.05) is 31.3 Å². The van der Waals surface area contributed by atoms with Gasteiger partial charge in [0.25, 0.3) is 0 Å². The fourth-order valence-corrected chi connectivity index (χ4v) is 3.91. The Hall–Kier alpha value is -0.550. The summed E-state index contributed by atoms with van der Waals surface area (Å²) in [5.74, 6) is 0.675. The Morgan fingerprint density at radius 3 is 2.74 bits per heavy atom. The summed E-state index contributed by atoms with van der Waals surface area (Å²) >= 11 is 9.06. The molecule has 102 valence electrons. The van der Waals surface area contributed by atoms with E-state index in [-0.39, 0.29) is 5.82 Å². The van der Waals surface area contributed by atoms with Crippen molar-refractivity contribution >= 4 is 34.7 Å². The second kappa shape index (κ2) is 7.29. The molecule has 1 aromatic carbocycles. The second-order valence-corrected chi connectivity index (χ2v) is 7.00. The minimum absolute atomic E-state index is 0.151. The van der Waals surface area contributed by atoms with Crippen molar-refractivity contribution < 1.29 is 4.39 Å². The van der Waals surface area contributed by atoms with E-state index in [2.05, 4.69) is 5.32 Å². The van der Waals surface area contributed by atoms with Gasteiger partial charge in [-0.15, -0.1) is 23.1 Å². The zero-order valence-corrected chi connectivity index (χ0v) is 12.9. The van der Waals surface area contributed by atoms with Gasteiger partial charge in [-0.25, -0.2) is 4.39 Å². The molecule has 19 heavy (non-hydrogen) atoms. The van der Waals surface area contributed by atoms with E-state index in [1.54, 1.807) is 17.4 Å². The van der Waals surface area contributed by atoms with Crippen LogP contribution in [0.1, 0.15) is 4.88 Å². The van der Waals surface area contributed by atoms with Gasteiger partial charge >= 0.3 is 0 Å². The van der Waals surface area contributed by atoms with Crippen molar-refractivity contribution in [2.45, 2.75) is 17.4 Å². The molecule has 1 N–H and O–H groups in total. The summed E-state index contributed by atoms with van der Waals surface area (Å²) in [6, 6.07) is 11.1. The predicted octanol–water partition coefficient (Wildman–Crippen LogP) is 4.46. The van der Waals surface area contributed by atoms with Gasteiger partial charge in [-0.2, -0.15) is 0 Å². The third-order valence-electron chi connectivity index (χ3n) is 2.76. The summed E-state index contributed by atoms with van der Waals surface area (Å²) < 4.78 is 14.3. The maximum atomic E-state index is 13.5. The number of thioether (sulfide) groups is 1. The standard InChI is InChI=1S/C14H15ClFNS2/c1-17-10(8-11-6-7-14(15)19-11)9-18-13-5-3-2-4-12(13)16/h2-7,10,17H,8-9H2,1H3. The topological polar surface area (TPSA) is 12.0 Å². The summed E-state index contributed by atoms with van der Waals surface area (Å²) in [6.07, 6.45) is 0.912. The lowest BCUT2D eigenvalue weighted by molar-refractivity contribution is 0.599. The van der Waals surface area contributed by atoms with Crippen molar-refractivity contribution in [3.05, 3.63) is 51.4 Å². The smallest absolute Gasteiger partial charge is 0.136 e. The van der Waals surface area contributed by atoms with Crippen LogP contribution in [0.25, 0.3) is 0 Å². The molecule has 0 saturated carbocycles. The van der Waals surface area contributed by atoms with Gasteiger partial charge in [0, 0.05) is 21.6 Å². The van der Waals surface area contributed by atoms with E-state index in [1.165, 1.54) is 22.7 Å². The van der Waals surface area contributed by atoms with Gasteiger partial charge in [-0.3, -0.25) is 0 Å². The van der Waals surface area contributed by atoms with Crippen molar-refractivity contribution in [1.82, 2.24) is 5.32 Å². The lowest BCUT2D eigenvalue weighted by Gasteiger charge is -2.15. The van der Waals surface area contributed by atoms with Gasteiger partial charge in [0.15, 0.2) is 0 Å². The van der Waals surface area contributed by atoms with Gasteiger partial charge in [0.2, 0.25) is 0 Å². The molecule has 0 aliphatic rings. The Morgan fingerprint density at radius 1 is 1.32 bits per heavy atom. The van der Waals surface area contributed by atoms with E-state index in [0.29, 0.717) is 10.9 Å². The molecule has 1 unspecified atom stereocenters. The van der Waals surface area contributed by atoms with E-state index in [0.717, 1.165) is 16.5 Å². The van der Waals surface area contributed by atoms with Crippen LogP contribution in [0, 0.1) is 5.82 Å². The minimum atomic E-state index is -0.151. The molecule has 2 aromatic rings. The van der Waals surface area contributed by atoms with E-state index in [4.69, 9.17) is 11.6 Å². The first kappa shape index (κ1) is 14.9. The Kier molecular flexibility index (Phi) is 5.70. The fraction of sp³-hybridized carbons (Fsp3) is 0.286. The maximum Gasteiger partial charge on any atom is 0.136 e. The van der Waals surface area contributed by atoms with E-state index >= 15 is 0 Å². The molecule has 5 heteroatoms. The van der Waals surface area contributed by atoms with Gasteiger partial charge in [0.1, 0.15) is 5.82 Å². The summed E-state index contributed by atoms with van der Waals surface area (Å²) in [5, 5.41) is 3.27. The number of benzene rings is 1. The third-order valence-corrected chi connectivity index (χ3v) is 5.23. The quantitative estimate of drug-likeness (QED) is 0.790. The van der Waals surface area contributed by atoms with Gasteiger partial charge in [-0.1, -0.05) is 23.7 Å². The van der Waals surface area contributed by atoms with Crippen LogP contribution in [0.15, 0.2) is 41.3 Å². The fourth-order valence-electron chi connectivity index (χ4n) is 1.70. The normalized spacial score (nSPS) is 12.6. The molecule has 1 nitrogen and oxygen atoms in total. The largest absolute Gasteiger partial charge is 0.316 e. The highest BCUT2D eigenvalue weighted by Crippen LogP contribution is 2.25. The van der Waals surface area contributed by atoms with E-state index < -0.39 is 0 Å². The third kappa shape index (κ3) is 4.49. The molecule has 0 bridgehead atoms. The number of rotatable bonds is 6. The van der Waals surface area contributed by atoms with Crippen LogP contribution >= 0.6 is 34.7 Å². The zero-order chi connectivity index (χ0) is 13.7. The van der Waals surface area contributed by atoms with Crippen molar-refractivity contribution in [3.8, 4) is 0 Å². The first-order valence-corrected chi connectivity index (χ1v) is 8.16.